The van der Waals surface area contributed by atoms with E-state index >= 15 is 0 Å². The van der Waals surface area contributed by atoms with E-state index in [-0.39, 0.29) is 18.4 Å². The van der Waals surface area contributed by atoms with Crippen molar-refractivity contribution in [2.24, 2.45) is 0 Å². The number of halogens is 1. The van der Waals surface area contributed by atoms with Gasteiger partial charge in [-0.15, -0.1) is 24.2 Å². The van der Waals surface area contributed by atoms with Crippen molar-refractivity contribution in [2.45, 2.75) is 31.2 Å². The Bertz CT molecular complexity index is 407. The van der Waals surface area contributed by atoms with Gasteiger partial charge in [0.25, 0.3) is 0 Å². The van der Waals surface area contributed by atoms with Crippen LogP contribution in [-0.2, 0) is 0 Å². The van der Waals surface area contributed by atoms with Crippen molar-refractivity contribution < 1.29 is 4.79 Å². The van der Waals surface area contributed by atoms with Gasteiger partial charge >= 0.3 is 0 Å². The lowest BCUT2D eigenvalue weighted by molar-refractivity contribution is 0.0826. The summed E-state index contributed by atoms with van der Waals surface area (Å²) in [6, 6.07) is 8.06. The number of thioether (sulfide) groups is 1. The molecule has 0 aromatic heterocycles. The van der Waals surface area contributed by atoms with Crippen LogP contribution in [0.15, 0.2) is 29.2 Å². The van der Waals surface area contributed by atoms with E-state index in [9.17, 15) is 4.79 Å². The highest BCUT2D eigenvalue weighted by atomic mass is 35.5. The molecule has 0 bridgehead atoms. The lowest BCUT2D eigenvalue weighted by Gasteiger charge is -2.27. The van der Waals surface area contributed by atoms with Crippen LogP contribution in [-0.4, -0.2) is 35.6 Å². The van der Waals surface area contributed by atoms with Gasteiger partial charge in [0.1, 0.15) is 0 Å². The molecule has 1 aliphatic rings. The van der Waals surface area contributed by atoms with Crippen LogP contribution < -0.4 is 0 Å². The first-order valence-electron chi connectivity index (χ1n) is 6.28. The molecule has 1 atom stereocenters. The number of hydrogen-bond acceptors (Lipinski definition) is 3. The fourth-order valence-electron chi connectivity index (χ4n) is 2.40. The number of benzene rings is 1. The van der Waals surface area contributed by atoms with Gasteiger partial charge in [-0.2, -0.15) is 0 Å². The van der Waals surface area contributed by atoms with Gasteiger partial charge in [-0.1, -0.05) is 32.0 Å². The number of carbonyl (C=O) groups is 1. The van der Waals surface area contributed by atoms with Crippen LogP contribution in [0.3, 0.4) is 0 Å². The van der Waals surface area contributed by atoms with Crippen LogP contribution >= 0.6 is 24.2 Å². The van der Waals surface area contributed by atoms with Gasteiger partial charge < -0.3 is 0 Å². The van der Waals surface area contributed by atoms with Gasteiger partial charge in [0.15, 0.2) is 5.78 Å². The van der Waals surface area contributed by atoms with E-state index in [0.717, 1.165) is 35.7 Å². The van der Waals surface area contributed by atoms with Crippen molar-refractivity contribution in [3.05, 3.63) is 29.8 Å². The molecule has 1 aromatic carbocycles. The number of nitrogens with zero attached hydrogens (tertiary/aromatic N) is 1. The van der Waals surface area contributed by atoms with Gasteiger partial charge in [-0.25, -0.2) is 0 Å². The Hall–Kier alpha value is -0.510. The zero-order chi connectivity index (χ0) is 12.3. The number of likely N-dealkylation sites (N-methyl/N-ethyl adjacent to an activating group) is 1. The minimum atomic E-state index is 0. The molecule has 0 saturated heterocycles. The molecule has 4 heteroatoms. The lowest BCUT2D eigenvalue weighted by Crippen LogP contribution is -2.41. The number of fused-ring (bicyclic) bond motifs is 1. The minimum absolute atomic E-state index is 0. The second-order valence-electron chi connectivity index (χ2n) is 4.23. The van der Waals surface area contributed by atoms with Crippen molar-refractivity contribution in [1.29, 1.82) is 0 Å². The molecular formula is C14H20ClNOS. The Morgan fingerprint density at radius 1 is 1.28 bits per heavy atom. The fraction of sp³-hybridized carbons (Fsp3) is 0.500. The molecule has 18 heavy (non-hydrogen) atoms. The Morgan fingerprint density at radius 2 is 1.94 bits per heavy atom. The quantitative estimate of drug-likeness (QED) is 0.848. The average molecular weight is 286 g/mol. The van der Waals surface area contributed by atoms with Gasteiger partial charge in [-0.3, -0.25) is 9.69 Å². The summed E-state index contributed by atoms with van der Waals surface area (Å²) in [6.07, 6.45) is 0.958. The van der Waals surface area contributed by atoms with E-state index in [1.807, 2.05) is 30.0 Å². The molecule has 0 saturated carbocycles. The average Bonchev–Trinajstić information content (AvgIpc) is 2.53. The van der Waals surface area contributed by atoms with Crippen LogP contribution in [0.25, 0.3) is 0 Å². The van der Waals surface area contributed by atoms with E-state index in [0.29, 0.717) is 5.78 Å². The molecule has 0 fully saturated rings. The van der Waals surface area contributed by atoms with Crippen molar-refractivity contribution in [2.75, 3.05) is 18.8 Å². The summed E-state index contributed by atoms with van der Waals surface area (Å²) < 4.78 is 0. The molecule has 0 aliphatic carbocycles. The van der Waals surface area contributed by atoms with Crippen LogP contribution in [0.4, 0.5) is 0 Å². The molecule has 0 spiro atoms. The van der Waals surface area contributed by atoms with Gasteiger partial charge in [0, 0.05) is 10.5 Å². The Morgan fingerprint density at radius 3 is 2.61 bits per heavy atom. The second kappa shape index (κ2) is 7.17. The first kappa shape index (κ1) is 15.5. The highest BCUT2D eigenvalue weighted by molar-refractivity contribution is 7.99. The maximum absolute atomic E-state index is 12.5. The van der Waals surface area contributed by atoms with E-state index in [2.05, 4.69) is 24.8 Å². The predicted molar refractivity (Wildman–Crippen MR) is 80.1 cm³/mol. The highest BCUT2D eigenvalue weighted by Gasteiger charge is 2.28. The van der Waals surface area contributed by atoms with Crippen molar-refractivity contribution in [3.8, 4) is 0 Å². The monoisotopic (exact) mass is 285 g/mol. The molecule has 2 nitrogen and oxygen atoms in total. The molecule has 0 N–H and O–H groups in total. The Labute approximate surface area is 120 Å². The lowest BCUT2D eigenvalue weighted by atomic mass is 10.0. The fourth-order valence-corrected chi connectivity index (χ4v) is 3.46. The molecular weight excluding hydrogens is 266 g/mol. The van der Waals surface area contributed by atoms with E-state index < -0.39 is 0 Å². The van der Waals surface area contributed by atoms with Crippen LogP contribution in [0, 0.1) is 0 Å². The molecule has 2 rings (SSSR count). The summed E-state index contributed by atoms with van der Waals surface area (Å²) in [5.41, 5.74) is 0.909. The molecule has 1 heterocycles. The zero-order valence-corrected chi connectivity index (χ0v) is 12.5. The summed E-state index contributed by atoms with van der Waals surface area (Å²) in [7, 11) is 0. The number of ketones is 1. The van der Waals surface area contributed by atoms with Crippen molar-refractivity contribution in [1.82, 2.24) is 4.90 Å². The summed E-state index contributed by atoms with van der Waals surface area (Å²) in [6.45, 7) is 6.14. The summed E-state index contributed by atoms with van der Waals surface area (Å²) in [4.78, 5) is 16.0. The summed E-state index contributed by atoms with van der Waals surface area (Å²) >= 11 is 1.81. The molecule has 1 unspecified atom stereocenters. The SMILES string of the molecule is CCN(CC)C1CCSc2ccccc2C1=O.Cl. The van der Waals surface area contributed by atoms with E-state index in [1.165, 1.54) is 0 Å². The third-order valence-electron chi connectivity index (χ3n) is 3.36. The molecule has 0 radical (unpaired) electrons. The third-order valence-corrected chi connectivity index (χ3v) is 4.46. The maximum Gasteiger partial charge on any atom is 0.181 e. The molecule has 0 amide bonds. The van der Waals surface area contributed by atoms with Crippen molar-refractivity contribution >= 4 is 30.0 Å². The minimum Gasteiger partial charge on any atom is -0.294 e. The summed E-state index contributed by atoms with van der Waals surface area (Å²) in [5, 5.41) is 0. The summed E-state index contributed by atoms with van der Waals surface area (Å²) in [5.74, 6) is 1.33. The number of rotatable bonds is 3. The van der Waals surface area contributed by atoms with Gasteiger partial charge in [0.05, 0.1) is 6.04 Å². The predicted octanol–water partition coefficient (Wildman–Crippen LogP) is 3.50. The molecule has 1 aromatic rings. The third kappa shape index (κ3) is 3.08. The smallest absolute Gasteiger partial charge is 0.181 e. The largest absolute Gasteiger partial charge is 0.294 e. The molecule has 1 aliphatic heterocycles. The van der Waals surface area contributed by atoms with E-state index in [4.69, 9.17) is 0 Å². The highest BCUT2D eigenvalue weighted by Crippen LogP contribution is 2.30. The van der Waals surface area contributed by atoms with Crippen LogP contribution in [0.5, 0.6) is 0 Å². The number of carbonyl (C=O) groups excluding carboxylic acids is 1. The number of hydrogen-bond donors (Lipinski definition) is 0. The topological polar surface area (TPSA) is 20.3 Å². The molecule has 100 valence electrons. The van der Waals surface area contributed by atoms with Gasteiger partial charge in [-0.05, 0) is 31.3 Å². The normalized spacial score (nSPS) is 19.1. The zero-order valence-electron chi connectivity index (χ0n) is 10.9. The van der Waals surface area contributed by atoms with Crippen molar-refractivity contribution in [3.63, 3.8) is 0 Å². The Balaban J connectivity index is 0.00000162. The van der Waals surface area contributed by atoms with Crippen LogP contribution in [0.1, 0.15) is 30.6 Å². The standard InChI is InChI=1S/C14H19NOS.ClH/c1-3-15(4-2)12-9-10-17-13-8-6-5-7-11(13)14(12)16;/h5-8,12H,3-4,9-10H2,1-2H3;1H. The van der Waals surface area contributed by atoms with E-state index in [1.54, 1.807) is 0 Å². The first-order chi connectivity index (χ1) is 8.27. The van der Waals surface area contributed by atoms with Gasteiger partial charge in [0.2, 0.25) is 0 Å². The van der Waals surface area contributed by atoms with Crippen LogP contribution in [0.2, 0.25) is 0 Å². The Kier molecular flexibility index (Phi) is 6.19. The number of Topliss-reactive ketones (excluding diaryl/α,β-unsaturated/α-hetero) is 1. The first-order valence-corrected chi connectivity index (χ1v) is 7.26. The maximum atomic E-state index is 12.5. The second-order valence-corrected chi connectivity index (χ2v) is 5.37.